The molecule has 10 nitrogen and oxygen atoms in total. The first-order chi connectivity index (χ1) is 17.7. The summed E-state index contributed by atoms with van der Waals surface area (Å²) < 4.78 is 11.9. The molecule has 3 aromatic carbocycles. The number of amides is 2. The summed E-state index contributed by atoms with van der Waals surface area (Å²) in [5.74, 6) is -0.220. The fourth-order valence-electron chi connectivity index (χ4n) is 3.04. The molecule has 0 atom stereocenters. The molecule has 192 valence electrons. The molecule has 3 rings (SSSR count). The van der Waals surface area contributed by atoms with E-state index in [1.165, 1.54) is 30.5 Å². The highest BCUT2D eigenvalue weighted by molar-refractivity contribution is 9.10. The lowest BCUT2D eigenvalue weighted by Gasteiger charge is -2.14. The van der Waals surface area contributed by atoms with Gasteiger partial charge in [-0.3, -0.25) is 19.7 Å². The van der Waals surface area contributed by atoms with Crippen LogP contribution in [0, 0.1) is 17.0 Å². The first-order valence-electron chi connectivity index (χ1n) is 10.9. The largest absolute Gasteiger partial charge is 0.490 e. The number of nitrogens with zero attached hydrogens (tertiary/aromatic N) is 2. The molecule has 0 aliphatic heterocycles. The van der Waals surface area contributed by atoms with Crippen LogP contribution in [0.25, 0.3) is 0 Å². The van der Waals surface area contributed by atoms with Crippen LogP contribution in [-0.2, 0) is 4.79 Å². The van der Waals surface area contributed by atoms with Gasteiger partial charge >= 0.3 is 0 Å². The van der Waals surface area contributed by atoms with Crippen molar-refractivity contribution in [1.29, 1.82) is 0 Å². The van der Waals surface area contributed by atoms with E-state index in [2.05, 4.69) is 31.8 Å². The molecule has 0 unspecified atom stereocenters. The molecule has 0 aliphatic carbocycles. The number of nitro benzene ring substituents is 1. The number of benzene rings is 3. The highest BCUT2D eigenvalue weighted by Gasteiger charge is 2.15. The maximum Gasteiger partial charge on any atom is 0.271 e. The van der Waals surface area contributed by atoms with Crippen molar-refractivity contribution in [2.24, 2.45) is 5.10 Å². The Morgan fingerprint density at radius 3 is 2.51 bits per heavy atom. The summed E-state index contributed by atoms with van der Waals surface area (Å²) in [4.78, 5) is 34.8. The zero-order valence-electron chi connectivity index (χ0n) is 19.8. The van der Waals surface area contributed by atoms with Crippen molar-refractivity contribution in [2.75, 3.05) is 18.5 Å². The third-order valence-electron chi connectivity index (χ3n) is 4.85. The third-order valence-corrected chi connectivity index (χ3v) is 5.85. The Kier molecular flexibility index (Phi) is 9.58. The lowest BCUT2D eigenvalue weighted by molar-refractivity contribution is -0.384. The van der Waals surface area contributed by atoms with Crippen molar-refractivity contribution in [3.8, 4) is 11.5 Å². The molecule has 0 aromatic heterocycles. The monoisotopic (exact) mass is 588 g/mol. The van der Waals surface area contributed by atoms with Crippen LogP contribution in [0.1, 0.15) is 28.4 Å². The van der Waals surface area contributed by atoms with Gasteiger partial charge < -0.3 is 14.8 Å². The minimum atomic E-state index is -0.548. The molecule has 0 heterocycles. The number of nitro groups is 1. The van der Waals surface area contributed by atoms with Gasteiger partial charge in [0.15, 0.2) is 18.1 Å². The van der Waals surface area contributed by atoms with E-state index in [0.29, 0.717) is 38.9 Å². The summed E-state index contributed by atoms with van der Waals surface area (Å²) >= 11 is 9.52. The summed E-state index contributed by atoms with van der Waals surface area (Å²) in [5.41, 5.74) is 4.49. The zero-order valence-corrected chi connectivity index (χ0v) is 22.1. The van der Waals surface area contributed by atoms with Gasteiger partial charge in [0.2, 0.25) is 0 Å². The topological polar surface area (TPSA) is 132 Å². The van der Waals surface area contributed by atoms with Gasteiger partial charge in [-0.25, -0.2) is 5.43 Å². The Bertz CT molecular complexity index is 1350. The molecule has 2 amide bonds. The van der Waals surface area contributed by atoms with Crippen molar-refractivity contribution >= 4 is 56.9 Å². The van der Waals surface area contributed by atoms with Crippen LogP contribution in [0.15, 0.2) is 64.2 Å². The maximum absolute atomic E-state index is 12.4. The van der Waals surface area contributed by atoms with Gasteiger partial charge in [0, 0.05) is 28.4 Å². The Labute approximate surface area is 225 Å². The van der Waals surface area contributed by atoms with Crippen molar-refractivity contribution in [2.45, 2.75) is 13.8 Å². The number of aryl methyl sites for hydroxylation is 1. The first kappa shape index (κ1) is 27.6. The second-order valence-electron chi connectivity index (χ2n) is 7.57. The average Bonchev–Trinajstić information content (AvgIpc) is 2.86. The maximum atomic E-state index is 12.4. The predicted molar refractivity (Wildman–Crippen MR) is 144 cm³/mol. The molecule has 0 aliphatic rings. The van der Waals surface area contributed by atoms with Crippen LogP contribution in [0.4, 0.5) is 11.4 Å². The molecule has 0 saturated carbocycles. The average molecular weight is 590 g/mol. The van der Waals surface area contributed by atoms with E-state index in [0.717, 1.165) is 5.56 Å². The minimum Gasteiger partial charge on any atom is -0.490 e. The highest BCUT2D eigenvalue weighted by Crippen LogP contribution is 2.36. The molecular weight excluding hydrogens is 568 g/mol. The van der Waals surface area contributed by atoms with Crippen LogP contribution < -0.4 is 20.2 Å². The van der Waals surface area contributed by atoms with E-state index in [4.69, 9.17) is 21.1 Å². The number of hydrogen-bond acceptors (Lipinski definition) is 7. The third kappa shape index (κ3) is 7.76. The van der Waals surface area contributed by atoms with Gasteiger partial charge in [-0.05, 0) is 77.3 Å². The fourth-order valence-corrected chi connectivity index (χ4v) is 3.79. The van der Waals surface area contributed by atoms with Crippen LogP contribution in [0.5, 0.6) is 11.5 Å². The van der Waals surface area contributed by atoms with E-state index in [9.17, 15) is 19.7 Å². The molecule has 12 heteroatoms. The number of halogens is 2. The molecule has 37 heavy (non-hydrogen) atoms. The van der Waals surface area contributed by atoms with Gasteiger partial charge in [0.1, 0.15) is 0 Å². The van der Waals surface area contributed by atoms with Gasteiger partial charge in [-0.1, -0.05) is 17.7 Å². The SMILES string of the molecule is CCOc1cc(/C=N/NC(=O)c2ccc([N+](=O)[O-])cc2)cc(Br)c1OCC(=O)Nc1ccc(C)c(Cl)c1. The van der Waals surface area contributed by atoms with E-state index in [1.807, 2.05) is 6.92 Å². The molecule has 0 spiro atoms. The van der Waals surface area contributed by atoms with Crippen molar-refractivity contribution in [3.05, 3.63) is 90.9 Å². The second-order valence-corrected chi connectivity index (χ2v) is 8.83. The number of hydrazone groups is 1. The smallest absolute Gasteiger partial charge is 0.271 e. The fraction of sp³-hybridized carbons (Fsp3) is 0.160. The molecule has 0 bridgehead atoms. The number of carbonyl (C=O) groups is 2. The Balaban J connectivity index is 1.65. The summed E-state index contributed by atoms with van der Waals surface area (Å²) in [5, 5.41) is 17.9. The number of hydrogen-bond donors (Lipinski definition) is 2. The second kappa shape index (κ2) is 12.8. The Morgan fingerprint density at radius 2 is 1.86 bits per heavy atom. The van der Waals surface area contributed by atoms with E-state index >= 15 is 0 Å². The van der Waals surface area contributed by atoms with Crippen molar-refractivity contribution in [1.82, 2.24) is 5.43 Å². The van der Waals surface area contributed by atoms with E-state index < -0.39 is 10.8 Å². The van der Waals surface area contributed by atoms with Crippen LogP contribution in [0.3, 0.4) is 0 Å². The number of ether oxygens (including phenoxy) is 2. The zero-order chi connectivity index (χ0) is 26.9. The number of carbonyl (C=O) groups excluding carboxylic acids is 2. The highest BCUT2D eigenvalue weighted by atomic mass is 79.9. The van der Waals surface area contributed by atoms with E-state index in [-0.39, 0.29) is 23.8 Å². The number of nitrogens with one attached hydrogen (secondary N) is 2. The van der Waals surface area contributed by atoms with Gasteiger partial charge in [0.05, 0.1) is 22.2 Å². The first-order valence-corrected chi connectivity index (χ1v) is 12.1. The molecule has 0 saturated heterocycles. The quantitative estimate of drug-likeness (QED) is 0.182. The molecule has 0 radical (unpaired) electrons. The van der Waals surface area contributed by atoms with Gasteiger partial charge in [-0.2, -0.15) is 5.10 Å². The standard InChI is InChI=1S/C25H22BrClN4O6/c1-3-36-22-11-16(13-28-30-25(33)17-5-8-19(9-6-17)31(34)35)10-20(26)24(22)37-14-23(32)29-18-7-4-15(2)21(27)12-18/h4-13H,3,14H2,1-2H3,(H,29,32)(H,30,33)/b28-13+. The summed E-state index contributed by atoms with van der Waals surface area (Å²) in [6.07, 6.45) is 1.40. The van der Waals surface area contributed by atoms with Crippen molar-refractivity contribution < 1.29 is 24.0 Å². The summed E-state index contributed by atoms with van der Waals surface area (Å²) in [6, 6.07) is 13.7. The van der Waals surface area contributed by atoms with Crippen molar-refractivity contribution in [3.63, 3.8) is 0 Å². The number of non-ortho nitro benzene ring substituents is 1. The van der Waals surface area contributed by atoms with E-state index in [1.54, 1.807) is 37.3 Å². The molecule has 3 aromatic rings. The predicted octanol–water partition coefficient (Wildman–Crippen LogP) is 5.50. The minimum absolute atomic E-state index is 0.118. The summed E-state index contributed by atoms with van der Waals surface area (Å²) in [7, 11) is 0. The van der Waals surface area contributed by atoms with Crippen LogP contribution >= 0.6 is 27.5 Å². The Hall–Kier alpha value is -3.96. The Morgan fingerprint density at radius 1 is 1.14 bits per heavy atom. The van der Waals surface area contributed by atoms with Gasteiger partial charge in [-0.15, -0.1) is 0 Å². The number of rotatable bonds is 10. The summed E-state index contributed by atoms with van der Waals surface area (Å²) in [6.45, 7) is 3.74. The molecular formula is C25H22BrClN4O6. The molecule has 2 N–H and O–H groups in total. The normalized spacial score (nSPS) is 10.7. The number of anilines is 1. The lowest BCUT2D eigenvalue weighted by atomic mass is 10.2. The van der Waals surface area contributed by atoms with Crippen LogP contribution in [-0.4, -0.2) is 36.2 Å². The lowest BCUT2D eigenvalue weighted by Crippen LogP contribution is -2.20. The molecule has 0 fully saturated rings. The van der Waals surface area contributed by atoms with Gasteiger partial charge in [0.25, 0.3) is 17.5 Å². The van der Waals surface area contributed by atoms with Crippen LogP contribution in [0.2, 0.25) is 5.02 Å².